The first kappa shape index (κ1) is 13.4. The minimum atomic E-state index is -0.999. The molecule has 2 atom stereocenters. The molecule has 0 aliphatic rings. The van der Waals surface area contributed by atoms with Gasteiger partial charge in [-0.05, 0) is 19.1 Å². The molecule has 0 radical (unpaired) electrons. The minimum absolute atomic E-state index is 0.0555. The van der Waals surface area contributed by atoms with Crippen molar-refractivity contribution in [1.82, 2.24) is 0 Å². The van der Waals surface area contributed by atoms with E-state index in [9.17, 15) is 9.59 Å². The normalized spacial score (nSPS) is 14.8. The van der Waals surface area contributed by atoms with Crippen LogP contribution in [0.2, 0.25) is 0 Å². The second kappa shape index (κ2) is 6.80. The smallest absolute Gasteiger partial charge is 0.320 e. The highest BCUT2D eigenvalue weighted by molar-refractivity contribution is 7.99. The molecule has 2 unspecified atom stereocenters. The third-order valence-electron chi connectivity index (χ3n) is 1.71. The van der Waals surface area contributed by atoms with E-state index in [1.165, 1.54) is 18.7 Å². The van der Waals surface area contributed by atoms with E-state index in [2.05, 4.69) is 0 Å². The number of carbonyl (C=O) groups excluding carboxylic acids is 1. The van der Waals surface area contributed by atoms with Crippen LogP contribution in [-0.2, 0) is 9.59 Å². The number of carboxylic acids is 1. The highest BCUT2D eigenvalue weighted by Gasteiger charge is 2.12. The number of hydrogen-bond acceptors (Lipinski definition) is 5. The summed E-state index contributed by atoms with van der Waals surface area (Å²) in [5, 5.41) is 8.47. The zero-order valence-corrected chi connectivity index (χ0v) is 8.92. The van der Waals surface area contributed by atoms with Gasteiger partial charge in [-0.25, -0.2) is 0 Å². The van der Waals surface area contributed by atoms with Gasteiger partial charge in [0.1, 0.15) is 11.8 Å². The van der Waals surface area contributed by atoms with Gasteiger partial charge in [0.05, 0.1) is 6.04 Å². The van der Waals surface area contributed by atoms with Crippen LogP contribution in [0.3, 0.4) is 0 Å². The highest BCUT2D eigenvalue weighted by atomic mass is 32.2. The number of thioether (sulfide) groups is 1. The van der Waals surface area contributed by atoms with Crippen LogP contribution in [0.25, 0.3) is 0 Å². The van der Waals surface area contributed by atoms with Gasteiger partial charge in [0.25, 0.3) is 0 Å². The fourth-order valence-corrected chi connectivity index (χ4v) is 1.74. The number of nitrogens with two attached hydrogens (primary N) is 2. The van der Waals surface area contributed by atoms with E-state index in [-0.39, 0.29) is 5.78 Å². The second-order valence-electron chi connectivity index (χ2n) is 3.03. The van der Waals surface area contributed by atoms with E-state index < -0.39 is 18.1 Å². The summed E-state index contributed by atoms with van der Waals surface area (Å²) in [6.07, 6.45) is 0.393. The molecule has 14 heavy (non-hydrogen) atoms. The van der Waals surface area contributed by atoms with Crippen LogP contribution in [0, 0.1) is 0 Å². The lowest BCUT2D eigenvalue weighted by molar-refractivity contribution is -0.138. The first-order chi connectivity index (χ1) is 6.45. The Bertz CT molecular complexity index is 189. The molecule has 0 saturated carbocycles. The van der Waals surface area contributed by atoms with Crippen LogP contribution >= 0.6 is 11.8 Å². The van der Waals surface area contributed by atoms with Crippen molar-refractivity contribution in [2.45, 2.75) is 25.4 Å². The van der Waals surface area contributed by atoms with Crippen LogP contribution < -0.4 is 11.5 Å². The van der Waals surface area contributed by atoms with E-state index in [0.29, 0.717) is 17.9 Å². The quantitative estimate of drug-likeness (QED) is 0.496. The fourth-order valence-electron chi connectivity index (χ4n) is 0.661. The van der Waals surface area contributed by atoms with E-state index in [1.54, 1.807) is 0 Å². The van der Waals surface area contributed by atoms with Gasteiger partial charge in [-0.3, -0.25) is 9.59 Å². The Hall–Kier alpha value is -0.590. The molecular weight excluding hydrogens is 204 g/mol. The molecule has 5 nitrogen and oxygen atoms in total. The molecule has 0 aromatic heterocycles. The van der Waals surface area contributed by atoms with Crippen molar-refractivity contribution in [3.8, 4) is 0 Å². The van der Waals surface area contributed by atoms with E-state index >= 15 is 0 Å². The van der Waals surface area contributed by atoms with Crippen molar-refractivity contribution in [2.24, 2.45) is 11.5 Å². The lowest BCUT2D eigenvalue weighted by atomic mass is 10.2. The standard InChI is InChI=1S/C8H16N2O3S/c1-5(11)7(10)4-14-3-2-6(9)8(12)13/h6-7H,2-4,9-10H2,1H3,(H,12,13). The van der Waals surface area contributed by atoms with Gasteiger partial charge in [0.2, 0.25) is 0 Å². The molecule has 0 spiro atoms. The molecule has 0 aromatic rings. The van der Waals surface area contributed by atoms with Crippen molar-refractivity contribution in [3.63, 3.8) is 0 Å². The molecule has 82 valence electrons. The zero-order chi connectivity index (χ0) is 11.1. The second-order valence-corrected chi connectivity index (χ2v) is 4.18. The largest absolute Gasteiger partial charge is 0.480 e. The summed E-state index contributed by atoms with van der Waals surface area (Å²) in [6, 6.07) is -1.28. The van der Waals surface area contributed by atoms with Gasteiger partial charge >= 0.3 is 5.97 Å². The monoisotopic (exact) mass is 220 g/mol. The Labute approximate surface area is 87.2 Å². The Kier molecular flexibility index (Phi) is 6.52. The average molecular weight is 220 g/mol. The summed E-state index contributed by atoms with van der Waals surface area (Å²) < 4.78 is 0. The van der Waals surface area contributed by atoms with Crippen LogP contribution in [0.1, 0.15) is 13.3 Å². The molecule has 0 heterocycles. The highest BCUT2D eigenvalue weighted by Crippen LogP contribution is 2.05. The number of carbonyl (C=O) groups is 2. The van der Waals surface area contributed by atoms with Gasteiger partial charge < -0.3 is 16.6 Å². The number of ketones is 1. The van der Waals surface area contributed by atoms with E-state index in [4.69, 9.17) is 16.6 Å². The molecule has 0 aliphatic carbocycles. The van der Waals surface area contributed by atoms with Crippen LogP contribution in [0.4, 0.5) is 0 Å². The molecule has 0 saturated heterocycles. The summed E-state index contributed by atoms with van der Waals surface area (Å²) in [4.78, 5) is 21.0. The van der Waals surface area contributed by atoms with E-state index in [1.807, 2.05) is 0 Å². The molecule has 0 rings (SSSR count). The molecule has 0 aliphatic heterocycles. The van der Waals surface area contributed by atoms with Crippen molar-refractivity contribution >= 4 is 23.5 Å². The minimum Gasteiger partial charge on any atom is -0.480 e. The predicted molar refractivity (Wildman–Crippen MR) is 56.2 cm³/mol. The van der Waals surface area contributed by atoms with Gasteiger partial charge in [-0.1, -0.05) is 0 Å². The summed E-state index contributed by atoms with van der Waals surface area (Å²) in [7, 11) is 0. The van der Waals surface area contributed by atoms with Gasteiger partial charge in [-0.15, -0.1) is 0 Å². The Morgan fingerprint density at radius 1 is 1.36 bits per heavy atom. The number of Topliss-reactive ketones (excluding diaryl/α,β-unsaturated/α-hetero) is 1. The van der Waals surface area contributed by atoms with Crippen LogP contribution in [-0.4, -0.2) is 40.4 Å². The summed E-state index contributed by atoms with van der Waals surface area (Å²) in [5.74, 6) is 0.0670. The molecule has 0 aromatic carbocycles. The summed E-state index contributed by atoms with van der Waals surface area (Å²) in [6.45, 7) is 1.44. The first-order valence-electron chi connectivity index (χ1n) is 4.27. The maximum absolute atomic E-state index is 10.7. The van der Waals surface area contributed by atoms with Crippen LogP contribution in [0.5, 0.6) is 0 Å². The van der Waals surface area contributed by atoms with Crippen molar-refractivity contribution in [3.05, 3.63) is 0 Å². The molecule has 5 N–H and O–H groups in total. The lowest BCUT2D eigenvalue weighted by Crippen LogP contribution is -2.32. The molecular formula is C8H16N2O3S. The topological polar surface area (TPSA) is 106 Å². The Morgan fingerprint density at radius 3 is 2.36 bits per heavy atom. The van der Waals surface area contributed by atoms with Crippen LogP contribution in [0.15, 0.2) is 0 Å². The molecule has 0 amide bonds. The number of carboxylic acid groups (broad SMARTS) is 1. The SMILES string of the molecule is CC(=O)C(N)CSCCC(N)C(=O)O. The zero-order valence-electron chi connectivity index (χ0n) is 8.10. The average Bonchev–Trinajstić information content (AvgIpc) is 2.11. The maximum Gasteiger partial charge on any atom is 0.320 e. The Balaban J connectivity index is 3.47. The molecule has 0 bridgehead atoms. The third-order valence-corrected chi connectivity index (χ3v) is 2.83. The van der Waals surface area contributed by atoms with Gasteiger partial charge in [-0.2, -0.15) is 11.8 Å². The van der Waals surface area contributed by atoms with Crippen molar-refractivity contribution < 1.29 is 14.7 Å². The van der Waals surface area contributed by atoms with Crippen molar-refractivity contribution in [1.29, 1.82) is 0 Å². The van der Waals surface area contributed by atoms with Crippen molar-refractivity contribution in [2.75, 3.05) is 11.5 Å². The van der Waals surface area contributed by atoms with E-state index in [0.717, 1.165) is 0 Å². The maximum atomic E-state index is 10.7. The van der Waals surface area contributed by atoms with Gasteiger partial charge in [0, 0.05) is 5.75 Å². The molecule has 6 heteroatoms. The predicted octanol–water partition coefficient (Wildman–Crippen LogP) is -0.562. The first-order valence-corrected chi connectivity index (χ1v) is 5.42. The summed E-state index contributed by atoms with van der Waals surface area (Å²) >= 11 is 1.45. The van der Waals surface area contributed by atoms with Gasteiger partial charge in [0.15, 0.2) is 0 Å². The number of aliphatic carboxylic acids is 1. The number of rotatable bonds is 7. The third kappa shape index (κ3) is 5.95. The number of hydrogen-bond donors (Lipinski definition) is 3. The Morgan fingerprint density at radius 2 is 1.93 bits per heavy atom. The lowest BCUT2D eigenvalue weighted by Gasteiger charge is -2.08. The fraction of sp³-hybridized carbons (Fsp3) is 0.750. The molecule has 0 fully saturated rings. The summed E-state index contributed by atoms with van der Waals surface area (Å²) in [5.41, 5.74) is 10.8.